The average Bonchev–Trinajstić information content (AvgIpc) is 2.99. The maximum atomic E-state index is 12.9. The molecule has 0 aromatic heterocycles. The van der Waals surface area contributed by atoms with E-state index in [0.29, 0.717) is 32.7 Å². The Hall–Kier alpha value is -2.73. The van der Waals surface area contributed by atoms with Crippen molar-refractivity contribution in [1.82, 2.24) is 30.2 Å². The summed E-state index contributed by atoms with van der Waals surface area (Å²) in [4.78, 5) is 46.7. The van der Waals surface area contributed by atoms with Crippen LogP contribution in [0.2, 0.25) is 0 Å². The second kappa shape index (κ2) is 21.9. The van der Waals surface area contributed by atoms with Crippen molar-refractivity contribution < 1.29 is 23.9 Å². The van der Waals surface area contributed by atoms with E-state index >= 15 is 0 Å². The number of esters is 1. The summed E-state index contributed by atoms with van der Waals surface area (Å²) in [7, 11) is 0. The van der Waals surface area contributed by atoms with Crippen LogP contribution in [-0.2, 0) is 25.7 Å². The van der Waals surface area contributed by atoms with Gasteiger partial charge in [0.05, 0.1) is 13.1 Å². The van der Waals surface area contributed by atoms with Crippen LogP contribution in [0.5, 0.6) is 0 Å². The van der Waals surface area contributed by atoms with Gasteiger partial charge in [-0.2, -0.15) is 0 Å². The van der Waals surface area contributed by atoms with E-state index in [0.717, 1.165) is 83.6 Å². The third-order valence-corrected chi connectivity index (χ3v) is 7.88. The molecule has 1 aromatic carbocycles. The van der Waals surface area contributed by atoms with Gasteiger partial charge in [-0.25, -0.2) is 4.79 Å². The van der Waals surface area contributed by atoms with E-state index in [1.54, 1.807) is 0 Å². The number of carbonyl (C=O) groups is 3. The molecule has 1 saturated heterocycles. The molecule has 1 heterocycles. The van der Waals surface area contributed by atoms with Gasteiger partial charge < -0.3 is 29.9 Å². The summed E-state index contributed by atoms with van der Waals surface area (Å²) in [5, 5.41) is 5.87. The van der Waals surface area contributed by atoms with Crippen molar-refractivity contribution in [1.29, 1.82) is 0 Å². The quantitative estimate of drug-likeness (QED) is 0.223. The molecular formula is C34H60N6O5. The first kappa shape index (κ1) is 38.5. The van der Waals surface area contributed by atoms with E-state index < -0.39 is 5.60 Å². The molecule has 0 bridgehead atoms. The number of ether oxygens (including phenoxy) is 2. The van der Waals surface area contributed by atoms with E-state index in [4.69, 9.17) is 9.47 Å². The smallest absolute Gasteiger partial charge is 0.407 e. The van der Waals surface area contributed by atoms with Gasteiger partial charge in [-0.1, -0.05) is 57.0 Å². The predicted octanol–water partition coefficient (Wildman–Crippen LogP) is 3.19. The minimum absolute atomic E-state index is 0.0303. The van der Waals surface area contributed by atoms with Crippen LogP contribution in [0.25, 0.3) is 0 Å². The Morgan fingerprint density at radius 2 is 1.18 bits per heavy atom. The third-order valence-electron chi connectivity index (χ3n) is 7.88. The van der Waals surface area contributed by atoms with Gasteiger partial charge in [-0.3, -0.25) is 19.4 Å². The van der Waals surface area contributed by atoms with Gasteiger partial charge in [0.15, 0.2) is 0 Å². The van der Waals surface area contributed by atoms with Gasteiger partial charge in [0.25, 0.3) is 0 Å². The van der Waals surface area contributed by atoms with Crippen molar-refractivity contribution in [2.24, 2.45) is 0 Å². The molecule has 1 aliphatic rings. The minimum Gasteiger partial charge on any atom is -0.460 e. The van der Waals surface area contributed by atoms with Gasteiger partial charge in [-0.05, 0) is 52.3 Å². The van der Waals surface area contributed by atoms with Crippen molar-refractivity contribution in [2.75, 3.05) is 91.6 Å². The Morgan fingerprint density at radius 1 is 0.689 bits per heavy atom. The zero-order valence-electron chi connectivity index (χ0n) is 28.7. The lowest BCUT2D eigenvalue weighted by atomic mass is 10.2. The van der Waals surface area contributed by atoms with Crippen molar-refractivity contribution in [3.05, 3.63) is 35.9 Å². The van der Waals surface area contributed by atoms with Crippen molar-refractivity contribution in [3.8, 4) is 0 Å². The molecule has 0 spiro atoms. The molecule has 1 fully saturated rings. The molecule has 0 aliphatic carbocycles. The molecule has 11 heteroatoms. The molecule has 11 nitrogen and oxygen atoms in total. The first-order valence-electron chi connectivity index (χ1n) is 16.9. The van der Waals surface area contributed by atoms with Crippen LogP contribution < -0.4 is 10.6 Å². The third kappa shape index (κ3) is 18.7. The Bertz CT molecular complexity index is 974. The summed E-state index contributed by atoms with van der Waals surface area (Å²) >= 11 is 0. The van der Waals surface area contributed by atoms with Gasteiger partial charge in [0.2, 0.25) is 5.91 Å². The highest BCUT2D eigenvalue weighted by Gasteiger charge is 2.19. The van der Waals surface area contributed by atoms with Crippen molar-refractivity contribution in [2.45, 2.75) is 72.5 Å². The fourth-order valence-corrected chi connectivity index (χ4v) is 5.09. The van der Waals surface area contributed by atoms with E-state index in [-0.39, 0.29) is 31.1 Å². The number of nitrogens with one attached hydrogen (secondary N) is 2. The molecule has 1 aliphatic heterocycles. The number of alkyl carbamates (subject to hydrolysis) is 1. The molecule has 2 rings (SSSR count). The van der Waals surface area contributed by atoms with Crippen LogP contribution in [0.3, 0.4) is 0 Å². The molecule has 256 valence electrons. The van der Waals surface area contributed by atoms with Crippen LogP contribution in [0.15, 0.2) is 30.3 Å². The number of unbranched alkanes of at least 4 members (excludes halogenated alkanes) is 3. The molecule has 0 atom stereocenters. The number of likely N-dealkylation sites (N-methyl/N-ethyl adjacent to an activating group) is 2. The zero-order chi connectivity index (χ0) is 32.9. The first-order chi connectivity index (χ1) is 21.6. The molecule has 0 saturated carbocycles. The SMILES string of the molecule is CCN1CCN(CC)CCN(CC(=O)OCc2ccccc2)CCN(CC(=O)NCCCCCCNC(=O)OC(C)(C)C)CC1. The normalized spacial score (nSPS) is 16.7. The number of nitrogens with zero attached hydrogens (tertiary/aromatic N) is 4. The lowest BCUT2D eigenvalue weighted by Crippen LogP contribution is -2.48. The van der Waals surface area contributed by atoms with Crippen molar-refractivity contribution >= 4 is 18.0 Å². The Balaban J connectivity index is 1.80. The van der Waals surface area contributed by atoms with Crippen molar-refractivity contribution in [3.63, 3.8) is 0 Å². The van der Waals surface area contributed by atoms with E-state index in [9.17, 15) is 14.4 Å². The summed E-state index contributed by atoms with van der Waals surface area (Å²) in [6.45, 7) is 20.7. The van der Waals surface area contributed by atoms with Crippen LogP contribution >= 0.6 is 0 Å². The minimum atomic E-state index is -0.492. The number of hydrogen-bond acceptors (Lipinski definition) is 9. The summed E-state index contributed by atoms with van der Waals surface area (Å²) in [5.41, 5.74) is 0.484. The van der Waals surface area contributed by atoms with Crippen LogP contribution in [-0.4, -0.2) is 135 Å². The Morgan fingerprint density at radius 3 is 1.69 bits per heavy atom. The maximum Gasteiger partial charge on any atom is 0.407 e. The predicted molar refractivity (Wildman–Crippen MR) is 179 cm³/mol. The molecule has 0 unspecified atom stereocenters. The molecule has 2 amide bonds. The van der Waals surface area contributed by atoms with E-state index in [1.165, 1.54) is 0 Å². The standard InChI is InChI=1S/C34H60N6O5/c1-6-37-19-20-38(7-2)22-24-40(28-32(42)44-29-30-15-11-10-12-16-30)26-25-39(23-21-37)27-31(41)35-17-13-8-9-14-18-36-33(43)45-34(3,4)5/h10-12,15-16H,6-9,13-14,17-29H2,1-5H3,(H,35,41)(H,36,43). The summed E-state index contributed by atoms with van der Waals surface area (Å²) in [6.07, 6.45) is 3.35. The average molecular weight is 633 g/mol. The highest BCUT2D eigenvalue weighted by molar-refractivity contribution is 5.78. The highest BCUT2D eigenvalue weighted by Crippen LogP contribution is 2.07. The van der Waals surface area contributed by atoms with E-state index in [1.807, 2.05) is 51.1 Å². The van der Waals surface area contributed by atoms with E-state index in [2.05, 4.69) is 44.1 Å². The van der Waals surface area contributed by atoms with Gasteiger partial charge >= 0.3 is 12.1 Å². The van der Waals surface area contributed by atoms with Crippen LogP contribution in [0.4, 0.5) is 4.79 Å². The molecule has 0 radical (unpaired) electrons. The Labute approximate surface area is 271 Å². The molecule has 2 N–H and O–H groups in total. The zero-order valence-corrected chi connectivity index (χ0v) is 28.7. The molecule has 1 aromatic rings. The largest absolute Gasteiger partial charge is 0.460 e. The second-order valence-electron chi connectivity index (χ2n) is 12.8. The topological polar surface area (TPSA) is 107 Å². The van der Waals surface area contributed by atoms with Gasteiger partial charge in [-0.15, -0.1) is 0 Å². The molecule has 45 heavy (non-hydrogen) atoms. The fraction of sp³-hybridized carbons (Fsp3) is 0.735. The monoisotopic (exact) mass is 632 g/mol. The first-order valence-corrected chi connectivity index (χ1v) is 16.9. The fourth-order valence-electron chi connectivity index (χ4n) is 5.09. The van der Waals surface area contributed by atoms with Crippen LogP contribution in [0.1, 0.15) is 65.9 Å². The highest BCUT2D eigenvalue weighted by atomic mass is 16.6. The number of benzene rings is 1. The number of rotatable bonds is 15. The maximum absolute atomic E-state index is 12.9. The number of hydrogen-bond donors (Lipinski definition) is 2. The summed E-state index contributed by atoms with van der Waals surface area (Å²) in [6, 6.07) is 9.75. The van der Waals surface area contributed by atoms with Gasteiger partial charge in [0.1, 0.15) is 12.2 Å². The second-order valence-corrected chi connectivity index (χ2v) is 12.8. The molecular weight excluding hydrogens is 572 g/mol. The number of carbonyl (C=O) groups excluding carboxylic acids is 3. The summed E-state index contributed by atoms with van der Waals surface area (Å²) < 4.78 is 10.8. The van der Waals surface area contributed by atoms with Gasteiger partial charge in [0, 0.05) is 65.4 Å². The lowest BCUT2D eigenvalue weighted by molar-refractivity contribution is -0.146. The Kier molecular flexibility index (Phi) is 18.7. The summed E-state index contributed by atoms with van der Waals surface area (Å²) in [5.74, 6) is -0.196. The van der Waals surface area contributed by atoms with Crippen LogP contribution in [0, 0.1) is 0 Å². The number of amides is 2. The lowest BCUT2D eigenvalue weighted by Gasteiger charge is -2.33.